The molecule has 2 N–H and O–H groups in total. The molecule has 0 fully saturated rings. The summed E-state index contributed by atoms with van der Waals surface area (Å²) in [5.74, 6) is 0.154. The molecule has 106 valence electrons. The van der Waals surface area contributed by atoms with Crippen LogP contribution in [0.2, 0.25) is 0 Å². The van der Waals surface area contributed by atoms with E-state index in [0.29, 0.717) is 13.0 Å². The van der Waals surface area contributed by atoms with Crippen LogP contribution in [-0.2, 0) is 16.0 Å². The van der Waals surface area contributed by atoms with Gasteiger partial charge in [-0.05, 0) is 29.9 Å². The fourth-order valence-electron chi connectivity index (χ4n) is 2.71. The van der Waals surface area contributed by atoms with Crippen molar-refractivity contribution in [1.82, 2.24) is 4.90 Å². The molecular formula is C14H22N2O2S. The zero-order valence-electron chi connectivity index (χ0n) is 11.6. The van der Waals surface area contributed by atoms with Crippen LogP contribution in [0.25, 0.3) is 0 Å². The van der Waals surface area contributed by atoms with Crippen molar-refractivity contribution in [3.8, 4) is 0 Å². The predicted molar refractivity (Wildman–Crippen MR) is 77.2 cm³/mol. The summed E-state index contributed by atoms with van der Waals surface area (Å²) in [5, 5.41) is 2.12. The molecule has 0 radical (unpaired) electrons. The smallest absolute Gasteiger partial charge is 0.225 e. The molecule has 1 aromatic rings. The van der Waals surface area contributed by atoms with Gasteiger partial charge < -0.3 is 15.4 Å². The molecule has 1 aromatic heterocycles. The Hall–Kier alpha value is -0.910. The first-order valence-electron chi connectivity index (χ1n) is 6.79. The van der Waals surface area contributed by atoms with Gasteiger partial charge in [0.2, 0.25) is 5.91 Å². The molecule has 2 atom stereocenters. The lowest BCUT2D eigenvalue weighted by atomic mass is 9.97. The molecule has 1 amide bonds. The van der Waals surface area contributed by atoms with Crippen LogP contribution in [0, 0.1) is 0 Å². The Kier molecular flexibility index (Phi) is 4.96. The average Bonchev–Trinajstić information content (AvgIpc) is 2.91. The van der Waals surface area contributed by atoms with E-state index in [4.69, 9.17) is 10.5 Å². The summed E-state index contributed by atoms with van der Waals surface area (Å²) < 4.78 is 5.21. The van der Waals surface area contributed by atoms with Crippen LogP contribution < -0.4 is 5.73 Å². The van der Waals surface area contributed by atoms with E-state index in [9.17, 15) is 4.79 Å². The molecule has 2 heterocycles. The van der Waals surface area contributed by atoms with E-state index < -0.39 is 0 Å². The first kappa shape index (κ1) is 14.5. The minimum atomic E-state index is -0.172. The monoisotopic (exact) mass is 282 g/mol. The van der Waals surface area contributed by atoms with Gasteiger partial charge in [-0.3, -0.25) is 4.79 Å². The van der Waals surface area contributed by atoms with Crippen LogP contribution in [0.4, 0.5) is 0 Å². The van der Waals surface area contributed by atoms with Gasteiger partial charge in [-0.1, -0.05) is 6.92 Å². The second-order valence-electron chi connectivity index (χ2n) is 4.86. The molecular weight excluding hydrogens is 260 g/mol. The van der Waals surface area contributed by atoms with Gasteiger partial charge >= 0.3 is 0 Å². The molecule has 0 aromatic carbocycles. The number of nitrogens with two attached hydrogens (primary N) is 1. The van der Waals surface area contributed by atoms with Gasteiger partial charge in [-0.2, -0.15) is 0 Å². The third-order valence-corrected chi connectivity index (χ3v) is 4.80. The van der Waals surface area contributed by atoms with Crippen LogP contribution in [0.3, 0.4) is 0 Å². The first-order chi connectivity index (χ1) is 9.21. The molecule has 1 aliphatic rings. The van der Waals surface area contributed by atoms with E-state index in [2.05, 4.69) is 18.4 Å². The number of amides is 1. The van der Waals surface area contributed by atoms with Crippen molar-refractivity contribution in [1.29, 1.82) is 0 Å². The number of carbonyl (C=O) groups is 1. The van der Waals surface area contributed by atoms with Crippen molar-refractivity contribution >= 4 is 17.2 Å². The molecule has 0 bridgehead atoms. The normalized spacial score (nSPS) is 20.2. The number of hydrogen-bond donors (Lipinski definition) is 1. The fraction of sp³-hybridized carbons (Fsp3) is 0.643. The number of thiophene rings is 1. The van der Waals surface area contributed by atoms with E-state index in [-0.39, 0.29) is 18.1 Å². The molecule has 0 aliphatic carbocycles. The largest absolute Gasteiger partial charge is 0.380 e. The highest BCUT2D eigenvalue weighted by atomic mass is 32.1. The van der Waals surface area contributed by atoms with Crippen molar-refractivity contribution in [2.24, 2.45) is 5.73 Å². The second kappa shape index (κ2) is 6.50. The molecule has 1 aliphatic heterocycles. The minimum absolute atomic E-state index is 0.154. The first-order valence-corrected chi connectivity index (χ1v) is 7.67. The third-order valence-electron chi connectivity index (χ3n) is 3.80. The van der Waals surface area contributed by atoms with Gasteiger partial charge in [-0.25, -0.2) is 0 Å². The van der Waals surface area contributed by atoms with Crippen LogP contribution in [0.15, 0.2) is 11.4 Å². The number of carbonyl (C=O) groups excluding carboxylic acids is 1. The SMILES string of the molecule is CCC1c2ccsc2CCN1C(=O)CC(CN)OC. The van der Waals surface area contributed by atoms with Crippen LogP contribution in [0.1, 0.15) is 36.2 Å². The quantitative estimate of drug-likeness (QED) is 0.898. The minimum Gasteiger partial charge on any atom is -0.380 e. The molecule has 4 nitrogen and oxygen atoms in total. The lowest BCUT2D eigenvalue weighted by molar-refractivity contribution is -0.136. The topological polar surface area (TPSA) is 55.6 Å². The van der Waals surface area contributed by atoms with Gasteiger partial charge in [-0.15, -0.1) is 11.3 Å². The molecule has 2 rings (SSSR count). The van der Waals surface area contributed by atoms with Crippen LogP contribution >= 0.6 is 11.3 Å². The zero-order valence-corrected chi connectivity index (χ0v) is 12.4. The van der Waals surface area contributed by atoms with E-state index in [0.717, 1.165) is 19.4 Å². The zero-order chi connectivity index (χ0) is 13.8. The Balaban J connectivity index is 2.10. The Morgan fingerprint density at radius 1 is 1.68 bits per heavy atom. The number of ether oxygens (including phenoxy) is 1. The summed E-state index contributed by atoms with van der Waals surface area (Å²) >= 11 is 1.80. The summed E-state index contributed by atoms with van der Waals surface area (Å²) in [6.45, 7) is 3.33. The molecule has 0 spiro atoms. The summed E-state index contributed by atoms with van der Waals surface area (Å²) in [6, 6.07) is 2.38. The van der Waals surface area contributed by atoms with Crippen LogP contribution in [-0.4, -0.2) is 37.1 Å². The molecule has 0 saturated carbocycles. The van der Waals surface area contributed by atoms with E-state index in [1.54, 1.807) is 18.4 Å². The van der Waals surface area contributed by atoms with Gasteiger partial charge in [0, 0.05) is 25.1 Å². The van der Waals surface area contributed by atoms with Crippen LogP contribution in [0.5, 0.6) is 0 Å². The maximum absolute atomic E-state index is 12.4. The number of nitrogens with zero attached hydrogens (tertiary/aromatic N) is 1. The van der Waals surface area contributed by atoms with E-state index in [1.165, 1.54) is 10.4 Å². The average molecular weight is 282 g/mol. The molecule has 5 heteroatoms. The lowest BCUT2D eigenvalue weighted by Crippen LogP contribution is -2.41. The summed E-state index contributed by atoms with van der Waals surface area (Å²) in [6.07, 6.45) is 2.13. The highest BCUT2D eigenvalue weighted by Gasteiger charge is 2.30. The maximum atomic E-state index is 12.4. The summed E-state index contributed by atoms with van der Waals surface area (Å²) in [4.78, 5) is 15.8. The van der Waals surface area contributed by atoms with Crippen molar-refractivity contribution in [3.05, 3.63) is 21.9 Å². The van der Waals surface area contributed by atoms with Crippen molar-refractivity contribution < 1.29 is 9.53 Å². The number of hydrogen-bond acceptors (Lipinski definition) is 4. The molecule has 2 unspecified atom stereocenters. The highest BCUT2D eigenvalue weighted by Crippen LogP contribution is 2.35. The van der Waals surface area contributed by atoms with Gasteiger partial charge in [0.25, 0.3) is 0 Å². The standard InChI is InChI=1S/C14H22N2O2S/c1-3-12-11-5-7-19-13(11)4-6-16(12)14(17)8-10(9-15)18-2/h5,7,10,12H,3-4,6,8-9,15H2,1-2H3. The molecule has 19 heavy (non-hydrogen) atoms. The third kappa shape index (κ3) is 2.99. The fourth-order valence-corrected chi connectivity index (χ4v) is 3.64. The number of fused-ring (bicyclic) bond motifs is 1. The van der Waals surface area contributed by atoms with Gasteiger partial charge in [0.1, 0.15) is 0 Å². The lowest BCUT2D eigenvalue weighted by Gasteiger charge is -2.36. The van der Waals surface area contributed by atoms with Crippen molar-refractivity contribution in [3.63, 3.8) is 0 Å². The maximum Gasteiger partial charge on any atom is 0.225 e. The number of rotatable bonds is 5. The Morgan fingerprint density at radius 2 is 2.47 bits per heavy atom. The predicted octanol–water partition coefficient (Wildman–Crippen LogP) is 1.95. The van der Waals surface area contributed by atoms with E-state index in [1.807, 2.05) is 4.90 Å². The molecule has 0 saturated heterocycles. The summed E-state index contributed by atoms with van der Waals surface area (Å²) in [5.41, 5.74) is 6.92. The van der Waals surface area contributed by atoms with Crippen molar-refractivity contribution in [2.45, 2.75) is 38.3 Å². The number of methoxy groups -OCH3 is 1. The Bertz CT molecular complexity index is 429. The van der Waals surface area contributed by atoms with Gasteiger partial charge in [0.05, 0.1) is 18.6 Å². The van der Waals surface area contributed by atoms with Crippen molar-refractivity contribution in [2.75, 3.05) is 20.2 Å². The Morgan fingerprint density at radius 3 is 3.11 bits per heavy atom. The van der Waals surface area contributed by atoms with Gasteiger partial charge in [0.15, 0.2) is 0 Å². The Labute approximate surface area is 118 Å². The second-order valence-corrected chi connectivity index (χ2v) is 5.86. The van der Waals surface area contributed by atoms with E-state index >= 15 is 0 Å². The summed E-state index contributed by atoms with van der Waals surface area (Å²) in [7, 11) is 1.61. The highest BCUT2D eigenvalue weighted by molar-refractivity contribution is 7.10.